The molecule has 1 fully saturated rings. The molecule has 1 aromatic heterocycles. The Labute approximate surface area is 218 Å². The van der Waals surface area contributed by atoms with Crippen LogP contribution in [0.5, 0.6) is 11.5 Å². The fourth-order valence-electron chi connectivity index (χ4n) is 5.20. The zero-order valence-electron chi connectivity index (χ0n) is 21.8. The predicted octanol–water partition coefficient (Wildman–Crippen LogP) is 4.58. The molecule has 5 rings (SSSR count). The van der Waals surface area contributed by atoms with E-state index in [1.54, 1.807) is 0 Å². The van der Waals surface area contributed by atoms with Gasteiger partial charge in [0.05, 0.1) is 5.52 Å². The molecule has 1 aliphatic heterocycles. The molecule has 0 spiro atoms. The summed E-state index contributed by atoms with van der Waals surface area (Å²) in [5.41, 5.74) is 2.13. The summed E-state index contributed by atoms with van der Waals surface area (Å²) >= 11 is 0. The van der Waals surface area contributed by atoms with E-state index in [0.29, 0.717) is 37.5 Å². The van der Waals surface area contributed by atoms with E-state index >= 15 is 0 Å². The second kappa shape index (κ2) is 11.7. The van der Waals surface area contributed by atoms with Crippen molar-refractivity contribution in [3.8, 4) is 11.5 Å². The number of aryl methyl sites for hydroxylation is 1. The number of benzene rings is 2. The molecule has 2 aromatic carbocycles. The van der Waals surface area contributed by atoms with Crippen LogP contribution in [-0.4, -0.2) is 55.8 Å². The second-order valence-electron chi connectivity index (χ2n) is 10.3. The van der Waals surface area contributed by atoms with Gasteiger partial charge in [0.25, 0.3) is 0 Å². The molecule has 1 amide bonds. The zero-order valence-corrected chi connectivity index (χ0v) is 21.8. The number of para-hydroxylation sites is 1. The van der Waals surface area contributed by atoms with Crippen molar-refractivity contribution in [2.75, 3.05) is 44.1 Å². The van der Waals surface area contributed by atoms with Crippen molar-refractivity contribution in [1.82, 2.24) is 15.3 Å². The lowest BCUT2D eigenvalue weighted by molar-refractivity contribution is -0.121. The van der Waals surface area contributed by atoms with Crippen LogP contribution in [0.3, 0.4) is 0 Å². The van der Waals surface area contributed by atoms with Crippen LogP contribution in [0, 0.1) is 5.92 Å². The van der Waals surface area contributed by atoms with Gasteiger partial charge in [-0.15, -0.1) is 0 Å². The van der Waals surface area contributed by atoms with Crippen molar-refractivity contribution in [1.29, 1.82) is 0 Å². The molecule has 2 N–H and O–H groups in total. The number of fused-ring (bicyclic) bond motifs is 2. The number of hydrogen-bond acceptors (Lipinski definition) is 7. The molecule has 37 heavy (non-hydrogen) atoms. The molecule has 0 radical (unpaired) electrons. The average molecular weight is 504 g/mol. The van der Waals surface area contributed by atoms with Gasteiger partial charge >= 0.3 is 0 Å². The summed E-state index contributed by atoms with van der Waals surface area (Å²) in [5.74, 6) is 3.90. The largest absolute Gasteiger partial charge is 0.486 e. The normalized spacial score (nSPS) is 18.9. The summed E-state index contributed by atoms with van der Waals surface area (Å²) < 4.78 is 11.2. The van der Waals surface area contributed by atoms with Crippen molar-refractivity contribution in [3.63, 3.8) is 0 Å². The minimum absolute atomic E-state index is 0.138. The Hall–Kier alpha value is -3.55. The number of nitrogens with zero attached hydrogens (tertiary/aromatic N) is 3. The molecule has 2 heterocycles. The van der Waals surface area contributed by atoms with E-state index in [2.05, 4.69) is 22.8 Å². The molecule has 2 aliphatic rings. The van der Waals surface area contributed by atoms with E-state index < -0.39 is 0 Å². The molecule has 3 aromatic rings. The lowest BCUT2D eigenvalue weighted by Crippen LogP contribution is -2.34. The highest BCUT2D eigenvalue weighted by atomic mass is 16.6. The highest BCUT2D eigenvalue weighted by Crippen LogP contribution is 2.31. The van der Waals surface area contributed by atoms with E-state index in [4.69, 9.17) is 19.4 Å². The van der Waals surface area contributed by atoms with Crippen LogP contribution in [0.2, 0.25) is 0 Å². The molecule has 8 nitrogen and oxygen atoms in total. The molecule has 196 valence electrons. The van der Waals surface area contributed by atoms with Gasteiger partial charge < -0.3 is 25.0 Å². The summed E-state index contributed by atoms with van der Waals surface area (Å²) in [5, 5.41) is 7.78. The van der Waals surface area contributed by atoms with Crippen molar-refractivity contribution in [3.05, 3.63) is 48.0 Å². The topological polar surface area (TPSA) is 88.6 Å². The lowest BCUT2D eigenvalue weighted by Gasteiger charge is -2.29. The molecular formula is C29H37N5O3. The Morgan fingerprint density at radius 1 is 1.00 bits per heavy atom. The van der Waals surface area contributed by atoms with Gasteiger partial charge in [0.1, 0.15) is 19.0 Å². The Bertz CT molecular complexity index is 1220. The van der Waals surface area contributed by atoms with Crippen LogP contribution >= 0.6 is 0 Å². The summed E-state index contributed by atoms with van der Waals surface area (Å²) in [7, 11) is 4.02. The third-order valence-electron chi connectivity index (χ3n) is 7.25. The van der Waals surface area contributed by atoms with Crippen molar-refractivity contribution < 1.29 is 14.3 Å². The summed E-state index contributed by atoms with van der Waals surface area (Å²) in [6.07, 6.45) is 6.50. The van der Waals surface area contributed by atoms with Gasteiger partial charge in [0, 0.05) is 38.5 Å². The Morgan fingerprint density at radius 3 is 2.59 bits per heavy atom. The molecular weight excluding hydrogens is 466 g/mol. The van der Waals surface area contributed by atoms with Gasteiger partial charge in [-0.1, -0.05) is 18.2 Å². The molecule has 0 atom stereocenters. The molecule has 0 saturated heterocycles. The first-order chi connectivity index (χ1) is 18.0. The van der Waals surface area contributed by atoms with Gasteiger partial charge in [0.15, 0.2) is 11.5 Å². The van der Waals surface area contributed by atoms with Crippen LogP contribution < -0.4 is 25.0 Å². The minimum Gasteiger partial charge on any atom is -0.486 e. The van der Waals surface area contributed by atoms with Crippen molar-refractivity contribution in [2.24, 2.45) is 5.92 Å². The number of amides is 1. The maximum atomic E-state index is 12.4. The van der Waals surface area contributed by atoms with E-state index in [1.165, 1.54) is 5.56 Å². The van der Waals surface area contributed by atoms with Crippen molar-refractivity contribution >= 4 is 28.6 Å². The molecule has 8 heteroatoms. The van der Waals surface area contributed by atoms with E-state index in [0.717, 1.165) is 73.3 Å². The SMILES string of the molecule is CN(C)c1nc(NC2CCC(CNC(=O)CCCc3ccc4c(c3)OCCO4)CC2)nc2ccccc12. The summed E-state index contributed by atoms with van der Waals surface area (Å²) in [4.78, 5) is 24.0. The van der Waals surface area contributed by atoms with Crippen LogP contribution in [0.25, 0.3) is 10.9 Å². The number of anilines is 2. The number of rotatable bonds is 9. The van der Waals surface area contributed by atoms with Crippen LogP contribution in [0.1, 0.15) is 44.1 Å². The number of carbonyl (C=O) groups is 1. The first kappa shape index (κ1) is 25.1. The molecule has 1 saturated carbocycles. The zero-order chi connectivity index (χ0) is 25.6. The van der Waals surface area contributed by atoms with E-state index in [9.17, 15) is 4.79 Å². The van der Waals surface area contributed by atoms with Gasteiger partial charge in [-0.2, -0.15) is 4.98 Å². The van der Waals surface area contributed by atoms with Gasteiger partial charge in [-0.05, 0) is 74.3 Å². The predicted molar refractivity (Wildman–Crippen MR) is 147 cm³/mol. The fraction of sp³-hybridized carbons (Fsp3) is 0.483. The third-order valence-corrected chi connectivity index (χ3v) is 7.25. The molecule has 0 unspecified atom stereocenters. The van der Waals surface area contributed by atoms with Gasteiger partial charge in [0.2, 0.25) is 11.9 Å². The first-order valence-corrected chi connectivity index (χ1v) is 13.4. The number of ether oxygens (including phenoxy) is 2. The minimum atomic E-state index is 0.138. The molecule has 1 aliphatic carbocycles. The number of nitrogens with one attached hydrogen (secondary N) is 2. The number of hydrogen-bond donors (Lipinski definition) is 2. The second-order valence-corrected chi connectivity index (χ2v) is 10.3. The maximum Gasteiger partial charge on any atom is 0.225 e. The van der Waals surface area contributed by atoms with Crippen LogP contribution in [-0.2, 0) is 11.2 Å². The quantitative estimate of drug-likeness (QED) is 0.442. The van der Waals surface area contributed by atoms with E-state index in [1.807, 2.05) is 49.3 Å². The van der Waals surface area contributed by atoms with Crippen LogP contribution in [0.4, 0.5) is 11.8 Å². The maximum absolute atomic E-state index is 12.4. The fourth-order valence-corrected chi connectivity index (χ4v) is 5.20. The first-order valence-electron chi connectivity index (χ1n) is 13.4. The summed E-state index contributed by atoms with van der Waals surface area (Å²) in [6, 6.07) is 14.5. The highest BCUT2D eigenvalue weighted by molar-refractivity contribution is 5.90. The lowest BCUT2D eigenvalue weighted by atomic mass is 9.86. The Morgan fingerprint density at radius 2 is 1.78 bits per heavy atom. The number of carbonyl (C=O) groups excluding carboxylic acids is 1. The molecule has 0 bridgehead atoms. The van der Waals surface area contributed by atoms with Gasteiger partial charge in [-0.25, -0.2) is 4.98 Å². The Balaban J connectivity index is 1.03. The van der Waals surface area contributed by atoms with Crippen molar-refractivity contribution in [2.45, 2.75) is 51.0 Å². The highest BCUT2D eigenvalue weighted by Gasteiger charge is 2.23. The standard InChI is InChI=1S/C29H37N5O3/c1-34(2)28-23-7-3-4-8-24(23)32-29(33-28)31-22-13-10-21(11-14-22)19-30-27(35)9-5-6-20-12-15-25-26(18-20)37-17-16-36-25/h3-4,7-8,12,15,18,21-22H,5-6,9-11,13-14,16-17,19H2,1-2H3,(H,30,35)(H,31,32,33). The summed E-state index contributed by atoms with van der Waals surface area (Å²) in [6.45, 7) is 1.94. The third kappa shape index (κ3) is 6.42. The van der Waals surface area contributed by atoms with Crippen LogP contribution in [0.15, 0.2) is 42.5 Å². The van der Waals surface area contributed by atoms with Gasteiger partial charge in [-0.3, -0.25) is 4.79 Å². The average Bonchev–Trinajstić information content (AvgIpc) is 2.92. The monoisotopic (exact) mass is 503 g/mol. The number of aromatic nitrogens is 2. The Kier molecular flexibility index (Phi) is 7.92. The van der Waals surface area contributed by atoms with E-state index in [-0.39, 0.29) is 5.91 Å². The smallest absolute Gasteiger partial charge is 0.225 e.